The Balaban J connectivity index is 2.13. The van der Waals surface area contributed by atoms with Gasteiger partial charge in [-0.3, -0.25) is 19.6 Å². The molecule has 28 heavy (non-hydrogen) atoms. The van der Waals surface area contributed by atoms with Crippen LogP contribution in [0.2, 0.25) is 0 Å². The number of rotatable bonds is 8. The molecule has 0 unspecified atom stereocenters. The zero-order valence-electron chi connectivity index (χ0n) is 16.3. The molecular formula is C18H27FN4O4S. The summed E-state index contributed by atoms with van der Waals surface area (Å²) in [5, 5.41) is 11.9. The van der Waals surface area contributed by atoms with E-state index in [-0.39, 0.29) is 12.3 Å². The molecule has 1 fully saturated rings. The number of carbonyl (C=O) groups is 3. The van der Waals surface area contributed by atoms with Crippen LogP contribution in [0, 0.1) is 19.8 Å². The average Bonchev–Trinajstić information content (AvgIpc) is 3.27. The lowest BCUT2D eigenvalue weighted by molar-refractivity contribution is -0.148. The number of carbonyl (C=O) groups excluding carboxylic acids is 3. The molecule has 1 aromatic rings. The largest absolute Gasteiger partial charge is 0.330 e. The van der Waals surface area contributed by atoms with Crippen LogP contribution in [0.25, 0.3) is 0 Å². The molecule has 10 heteroatoms. The van der Waals surface area contributed by atoms with Crippen LogP contribution < -0.4 is 10.8 Å². The zero-order valence-corrected chi connectivity index (χ0v) is 17.1. The van der Waals surface area contributed by atoms with Crippen molar-refractivity contribution in [3.63, 3.8) is 0 Å². The van der Waals surface area contributed by atoms with Crippen LogP contribution in [0.5, 0.6) is 0 Å². The Bertz CT molecular complexity index is 707. The third-order valence-electron chi connectivity index (χ3n) is 5.00. The lowest BCUT2D eigenvalue weighted by Gasteiger charge is -2.29. The van der Waals surface area contributed by atoms with Gasteiger partial charge >= 0.3 is 0 Å². The first-order chi connectivity index (χ1) is 13.3. The number of nitrogens with one attached hydrogen (secondary N) is 2. The van der Waals surface area contributed by atoms with E-state index in [1.54, 1.807) is 0 Å². The van der Waals surface area contributed by atoms with Gasteiger partial charge in [-0.05, 0) is 33.1 Å². The molecule has 8 nitrogen and oxygen atoms in total. The number of anilines is 1. The van der Waals surface area contributed by atoms with Crippen molar-refractivity contribution in [2.24, 2.45) is 5.92 Å². The number of aryl methyl sites for hydroxylation is 2. The maximum atomic E-state index is 14.5. The van der Waals surface area contributed by atoms with Gasteiger partial charge in [-0.1, -0.05) is 19.8 Å². The predicted octanol–water partition coefficient (Wildman–Crippen LogP) is 2.34. The second-order valence-electron chi connectivity index (χ2n) is 6.97. The van der Waals surface area contributed by atoms with E-state index in [0.29, 0.717) is 30.9 Å². The van der Waals surface area contributed by atoms with E-state index in [1.165, 1.54) is 21.7 Å². The summed E-state index contributed by atoms with van der Waals surface area (Å²) in [5.74, 6) is -3.42. The fraction of sp³-hybridized carbons (Fsp3) is 0.667. The van der Waals surface area contributed by atoms with Crippen molar-refractivity contribution < 1.29 is 24.0 Å². The molecule has 156 valence electrons. The Morgan fingerprint density at radius 1 is 1.39 bits per heavy atom. The summed E-state index contributed by atoms with van der Waals surface area (Å²) in [7, 11) is 0. The van der Waals surface area contributed by atoms with Crippen LogP contribution in [0.4, 0.5) is 9.52 Å². The number of nitrogens with zero attached hydrogens (tertiary/aromatic N) is 2. The quantitative estimate of drug-likeness (QED) is 0.447. The summed E-state index contributed by atoms with van der Waals surface area (Å²) in [6.45, 7) is 5.96. The van der Waals surface area contributed by atoms with Crippen molar-refractivity contribution in [1.29, 1.82) is 0 Å². The van der Waals surface area contributed by atoms with Gasteiger partial charge in [0.05, 0.1) is 11.6 Å². The highest BCUT2D eigenvalue weighted by Crippen LogP contribution is 2.27. The molecule has 3 N–H and O–H groups in total. The van der Waals surface area contributed by atoms with Gasteiger partial charge in [-0.2, -0.15) is 0 Å². The predicted molar refractivity (Wildman–Crippen MR) is 103 cm³/mol. The standard InChI is InChI=1S/C18H27FN4O4S/c1-4-5-7-12(14(19)16(25)22-27)17(26)23-9-6-8-13(23)15(24)21-18-20-10(2)11(3)28-18/h12-14,27H,4-9H2,1-3H3,(H,22,25)(H,20,21,24)/t12-,13+,14+/m1/s1. The van der Waals surface area contributed by atoms with Gasteiger partial charge in [0.2, 0.25) is 11.8 Å². The van der Waals surface area contributed by atoms with Crippen LogP contribution in [-0.2, 0) is 14.4 Å². The monoisotopic (exact) mass is 414 g/mol. The molecule has 2 heterocycles. The average molecular weight is 415 g/mol. The Kier molecular flexibility index (Phi) is 7.88. The highest BCUT2D eigenvalue weighted by Gasteiger charge is 2.41. The third-order valence-corrected chi connectivity index (χ3v) is 5.99. The van der Waals surface area contributed by atoms with Gasteiger partial charge < -0.3 is 10.2 Å². The highest BCUT2D eigenvalue weighted by atomic mass is 32.1. The van der Waals surface area contributed by atoms with Crippen molar-refractivity contribution in [3.8, 4) is 0 Å². The normalized spacial score (nSPS) is 18.6. The second kappa shape index (κ2) is 9.92. The molecule has 3 atom stereocenters. The number of unbranched alkanes of at least 4 members (excludes halogenated alkanes) is 1. The van der Waals surface area contributed by atoms with Crippen LogP contribution in [0.3, 0.4) is 0 Å². The van der Waals surface area contributed by atoms with E-state index in [4.69, 9.17) is 5.21 Å². The van der Waals surface area contributed by atoms with E-state index in [9.17, 15) is 18.8 Å². The zero-order chi connectivity index (χ0) is 20.8. The Labute approximate surface area is 167 Å². The Morgan fingerprint density at radius 3 is 2.68 bits per heavy atom. The summed E-state index contributed by atoms with van der Waals surface area (Å²) in [6, 6.07) is -0.731. The molecule has 1 saturated heterocycles. The Hall–Kier alpha value is -2.07. The highest BCUT2D eigenvalue weighted by molar-refractivity contribution is 7.15. The first-order valence-corrected chi connectivity index (χ1v) is 10.2. The number of thiazole rings is 1. The van der Waals surface area contributed by atoms with Gasteiger partial charge in [0, 0.05) is 11.4 Å². The van der Waals surface area contributed by atoms with E-state index in [0.717, 1.165) is 17.0 Å². The molecule has 0 bridgehead atoms. The van der Waals surface area contributed by atoms with E-state index >= 15 is 0 Å². The SMILES string of the molecule is CCCC[C@@H](C(=O)N1CCC[C@H]1C(=O)Nc1nc(C)c(C)s1)[C@H](F)C(=O)NO. The first kappa shape index (κ1) is 22.2. The molecule has 0 radical (unpaired) electrons. The van der Waals surface area contributed by atoms with Crippen LogP contribution in [0.1, 0.15) is 49.6 Å². The fourth-order valence-electron chi connectivity index (χ4n) is 3.29. The van der Waals surface area contributed by atoms with Crippen molar-refractivity contribution in [2.45, 2.75) is 65.1 Å². The molecule has 1 aliphatic heterocycles. The molecule has 0 aliphatic carbocycles. The minimum absolute atomic E-state index is 0.166. The maximum absolute atomic E-state index is 14.5. The Morgan fingerprint density at radius 2 is 2.11 bits per heavy atom. The van der Waals surface area contributed by atoms with Gasteiger partial charge in [-0.15, -0.1) is 11.3 Å². The number of hydrogen-bond donors (Lipinski definition) is 3. The van der Waals surface area contributed by atoms with Crippen LogP contribution in [0.15, 0.2) is 0 Å². The summed E-state index contributed by atoms with van der Waals surface area (Å²) in [5.41, 5.74) is 2.10. The molecule has 0 aromatic carbocycles. The number of aromatic nitrogens is 1. The smallest absolute Gasteiger partial charge is 0.278 e. The number of amides is 3. The maximum Gasteiger partial charge on any atom is 0.278 e. The molecule has 1 aliphatic rings. The van der Waals surface area contributed by atoms with Crippen LogP contribution >= 0.6 is 11.3 Å². The number of hydrogen-bond acceptors (Lipinski definition) is 6. The lowest BCUT2D eigenvalue weighted by atomic mass is 9.94. The molecule has 0 saturated carbocycles. The molecule has 3 amide bonds. The van der Waals surface area contributed by atoms with Crippen molar-refractivity contribution in [2.75, 3.05) is 11.9 Å². The summed E-state index contributed by atoms with van der Waals surface area (Å²) >= 11 is 1.35. The van der Waals surface area contributed by atoms with E-state index < -0.39 is 29.9 Å². The minimum Gasteiger partial charge on any atom is -0.330 e. The van der Waals surface area contributed by atoms with Crippen LogP contribution in [-0.4, -0.2) is 51.6 Å². The molecule has 2 rings (SSSR count). The first-order valence-electron chi connectivity index (χ1n) is 9.43. The number of likely N-dealkylation sites (tertiary alicyclic amines) is 1. The van der Waals surface area contributed by atoms with Gasteiger partial charge in [0.1, 0.15) is 6.04 Å². The molecule has 1 aromatic heterocycles. The number of hydroxylamine groups is 1. The lowest BCUT2D eigenvalue weighted by Crippen LogP contribution is -2.49. The summed E-state index contributed by atoms with van der Waals surface area (Å²) in [6.07, 6.45) is 0.354. The third kappa shape index (κ3) is 5.05. The van der Waals surface area contributed by atoms with Crippen molar-refractivity contribution >= 4 is 34.2 Å². The van der Waals surface area contributed by atoms with Gasteiger partial charge in [0.25, 0.3) is 5.91 Å². The summed E-state index contributed by atoms with van der Waals surface area (Å²) < 4.78 is 14.5. The van der Waals surface area contributed by atoms with E-state index in [1.807, 2.05) is 20.8 Å². The number of alkyl halides is 1. The van der Waals surface area contributed by atoms with Gasteiger partial charge in [-0.25, -0.2) is 14.9 Å². The van der Waals surface area contributed by atoms with E-state index in [2.05, 4.69) is 10.3 Å². The topological polar surface area (TPSA) is 112 Å². The molecular weight excluding hydrogens is 387 g/mol. The van der Waals surface area contributed by atoms with Crippen molar-refractivity contribution in [1.82, 2.24) is 15.4 Å². The number of halogens is 1. The summed E-state index contributed by atoms with van der Waals surface area (Å²) in [4.78, 5) is 43.8. The van der Waals surface area contributed by atoms with Crippen molar-refractivity contribution in [3.05, 3.63) is 10.6 Å². The second-order valence-corrected chi connectivity index (χ2v) is 8.17. The minimum atomic E-state index is -2.17. The fourth-order valence-corrected chi connectivity index (χ4v) is 4.11. The van der Waals surface area contributed by atoms with Gasteiger partial charge in [0.15, 0.2) is 11.3 Å². The molecule has 0 spiro atoms.